The lowest BCUT2D eigenvalue weighted by Gasteiger charge is -2.10. The zero-order valence-electron chi connectivity index (χ0n) is 11.0. The van der Waals surface area contributed by atoms with Gasteiger partial charge >= 0.3 is 0 Å². The Morgan fingerprint density at radius 3 is 2.53 bits per heavy atom. The summed E-state index contributed by atoms with van der Waals surface area (Å²) in [6.07, 6.45) is 0.795. The molecule has 0 saturated carbocycles. The number of hydrogen-bond acceptors (Lipinski definition) is 2. The number of nitrogens with zero attached hydrogens (tertiary/aromatic N) is 1. The van der Waals surface area contributed by atoms with Crippen LogP contribution in [-0.4, -0.2) is 37.3 Å². The lowest BCUT2D eigenvalue weighted by atomic mass is 10.1. The highest BCUT2D eigenvalue weighted by molar-refractivity contribution is 14.0. The maximum absolute atomic E-state index is 12.7. The van der Waals surface area contributed by atoms with Crippen molar-refractivity contribution in [1.82, 2.24) is 10.6 Å². The molecule has 0 bridgehead atoms. The second-order valence-corrected chi connectivity index (χ2v) is 3.79. The van der Waals surface area contributed by atoms with E-state index < -0.39 is 0 Å². The highest BCUT2D eigenvalue weighted by Crippen LogP contribution is 2.02. The number of aliphatic hydroxyl groups excluding tert-OH is 1. The first-order valence-corrected chi connectivity index (χ1v) is 6.13. The van der Waals surface area contributed by atoms with Gasteiger partial charge in [-0.25, -0.2) is 4.39 Å². The smallest absolute Gasteiger partial charge is 0.191 e. The molecule has 19 heavy (non-hydrogen) atoms. The Hall–Kier alpha value is -0.890. The van der Waals surface area contributed by atoms with Gasteiger partial charge in [0.15, 0.2) is 5.96 Å². The molecule has 4 nitrogen and oxygen atoms in total. The lowest BCUT2D eigenvalue weighted by molar-refractivity contribution is 0.306. The molecule has 0 fully saturated rings. The molecule has 0 radical (unpaired) electrons. The van der Waals surface area contributed by atoms with Crippen LogP contribution in [0.3, 0.4) is 0 Å². The Morgan fingerprint density at radius 2 is 1.95 bits per heavy atom. The van der Waals surface area contributed by atoms with Crippen molar-refractivity contribution in [2.75, 3.05) is 26.2 Å². The summed E-state index contributed by atoms with van der Waals surface area (Å²) in [5, 5.41) is 14.9. The number of rotatable bonds is 6. The van der Waals surface area contributed by atoms with Gasteiger partial charge in [-0.05, 0) is 31.0 Å². The minimum absolute atomic E-state index is 0. The van der Waals surface area contributed by atoms with Gasteiger partial charge in [0.25, 0.3) is 0 Å². The molecule has 0 spiro atoms. The first kappa shape index (κ1) is 18.1. The van der Waals surface area contributed by atoms with Crippen molar-refractivity contribution in [3.8, 4) is 0 Å². The van der Waals surface area contributed by atoms with Crippen LogP contribution in [0.1, 0.15) is 12.5 Å². The molecule has 108 valence electrons. The summed E-state index contributed by atoms with van der Waals surface area (Å²) < 4.78 is 12.7. The molecule has 0 atom stereocenters. The highest BCUT2D eigenvalue weighted by atomic mass is 127. The first-order chi connectivity index (χ1) is 8.76. The monoisotopic (exact) mass is 381 g/mol. The molecule has 3 N–H and O–H groups in total. The van der Waals surface area contributed by atoms with E-state index in [-0.39, 0.29) is 36.4 Å². The van der Waals surface area contributed by atoms with Crippen LogP contribution in [0.2, 0.25) is 0 Å². The number of benzene rings is 1. The molecule has 1 aromatic rings. The van der Waals surface area contributed by atoms with Crippen molar-refractivity contribution in [3.63, 3.8) is 0 Å². The van der Waals surface area contributed by atoms with E-state index in [1.54, 1.807) is 12.1 Å². The third-order valence-electron chi connectivity index (χ3n) is 2.33. The van der Waals surface area contributed by atoms with Crippen molar-refractivity contribution in [2.24, 2.45) is 4.99 Å². The molecule has 0 aliphatic rings. The maximum atomic E-state index is 12.7. The van der Waals surface area contributed by atoms with Crippen molar-refractivity contribution in [3.05, 3.63) is 35.6 Å². The van der Waals surface area contributed by atoms with Crippen LogP contribution in [-0.2, 0) is 6.42 Å². The Labute approximate surface area is 130 Å². The van der Waals surface area contributed by atoms with Gasteiger partial charge in [-0.2, -0.15) is 0 Å². The van der Waals surface area contributed by atoms with Crippen LogP contribution in [0.5, 0.6) is 0 Å². The zero-order valence-corrected chi connectivity index (χ0v) is 13.4. The molecule has 0 amide bonds. The van der Waals surface area contributed by atoms with Crippen LogP contribution >= 0.6 is 24.0 Å². The molecule has 0 saturated heterocycles. The predicted octanol–water partition coefficient (Wildman–Crippen LogP) is 1.53. The summed E-state index contributed by atoms with van der Waals surface area (Å²) in [7, 11) is 0. The Kier molecular flexibility index (Phi) is 10.5. The molecule has 6 heteroatoms. The second-order valence-electron chi connectivity index (χ2n) is 3.79. The average molecular weight is 381 g/mol. The van der Waals surface area contributed by atoms with Gasteiger partial charge in [-0.3, -0.25) is 4.99 Å². The van der Waals surface area contributed by atoms with Gasteiger partial charge in [-0.1, -0.05) is 12.1 Å². The van der Waals surface area contributed by atoms with Crippen molar-refractivity contribution >= 4 is 29.9 Å². The molecular formula is C13H21FIN3O. The normalized spacial score (nSPS) is 10.8. The quantitative estimate of drug-likeness (QED) is 0.398. The van der Waals surface area contributed by atoms with Crippen molar-refractivity contribution in [1.29, 1.82) is 0 Å². The summed E-state index contributed by atoms with van der Waals surface area (Å²) in [4.78, 5) is 4.16. The maximum Gasteiger partial charge on any atom is 0.191 e. The molecule has 0 heterocycles. The van der Waals surface area contributed by atoms with E-state index in [2.05, 4.69) is 15.6 Å². The number of aliphatic hydroxyl groups is 1. The number of nitrogens with one attached hydrogen (secondary N) is 2. The van der Waals surface area contributed by atoms with Crippen LogP contribution in [0, 0.1) is 5.82 Å². The fourth-order valence-electron chi connectivity index (χ4n) is 1.48. The average Bonchev–Trinajstić information content (AvgIpc) is 2.38. The molecule has 0 aliphatic carbocycles. The fourth-order valence-corrected chi connectivity index (χ4v) is 1.48. The molecule has 0 unspecified atom stereocenters. The number of aliphatic imine (C=N–C) groups is 1. The van der Waals surface area contributed by atoms with Gasteiger partial charge in [0, 0.05) is 13.1 Å². The van der Waals surface area contributed by atoms with Gasteiger partial charge in [0.1, 0.15) is 5.82 Å². The van der Waals surface area contributed by atoms with Crippen LogP contribution in [0.15, 0.2) is 29.3 Å². The van der Waals surface area contributed by atoms with E-state index in [0.29, 0.717) is 19.0 Å². The van der Waals surface area contributed by atoms with Gasteiger partial charge in [0.2, 0.25) is 0 Å². The summed E-state index contributed by atoms with van der Waals surface area (Å²) >= 11 is 0. The Bertz CT molecular complexity index is 371. The van der Waals surface area contributed by atoms with E-state index in [0.717, 1.165) is 18.5 Å². The summed E-state index contributed by atoms with van der Waals surface area (Å²) in [5.74, 6) is 0.471. The fraction of sp³-hybridized carbons (Fsp3) is 0.462. The van der Waals surface area contributed by atoms with Gasteiger partial charge < -0.3 is 15.7 Å². The number of hydrogen-bond donors (Lipinski definition) is 3. The molecule has 0 aromatic heterocycles. The molecule has 1 aromatic carbocycles. The second kappa shape index (κ2) is 11.0. The minimum Gasteiger partial charge on any atom is -0.394 e. The largest absolute Gasteiger partial charge is 0.394 e. The van der Waals surface area contributed by atoms with Crippen molar-refractivity contribution < 1.29 is 9.50 Å². The van der Waals surface area contributed by atoms with E-state index in [1.807, 2.05) is 6.92 Å². The zero-order chi connectivity index (χ0) is 13.2. The third-order valence-corrected chi connectivity index (χ3v) is 2.33. The standard InChI is InChI=1S/C13H20FN3O.HI/c1-2-15-13(17-9-10-18)16-8-7-11-3-5-12(14)6-4-11;/h3-6,18H,2,7-10H2,1H3,(H2,15,16,17);1H. The minimum atomic E-state index is -0.218. The van der Waals surface area contributed by atoms with E-state index in [4.69, 9.17) is 5.11 Å². The van der Waals surface area contributed by atoms with Gasteiger partial charge in [-0.15, -0.1) is 24.0 Å². The van der Waals surface area contributed by atoms with E-state index >= 15 is 0 Å². The van der Waals surface area contributed by atoms with Gasteiger partial charge in [0.05, 0.1) is 13.2 Å². The lowest BCUT2D eigenvalue weighted by Crippen LogP contribution is -2.38. The Morgan fingerprint density at radius 1 is 1.26 bits per heavy atom. The molecular weight excluding hydrogens is 360 g/mol. The molecule has 0 aliphatic heterocycles. The SMILES string of the molecule is CCNC(=NCCO)NCCc1ccc(F)cc1.I. The molecule has 1 rings (SSSR count). The van der Waals surface area contributed by atoms with Crippen LogP contribution in [0.4, 0.5) is 4.39 Å². The van der Waals surface area contributed by atoms with Crippen molar-refractivity contribution in [2.45, 2.75) is 13.3 Å². The third kappa shape index (κ3) is 7.99. The predicted molar refractivity (Wildman–Crippen MR) is 86.6 cm³/mol. The number of halogens is 2. The number of guanidine groups is 1. The summed E-state index contributed by atoms with van der Waals surface area (Å²) in [6.45, 7) is 3.88. The Balaban J connectivity index is 0.00000324. The van der Waals surface area contributed by atoms with Crippen LogP contribution in [0.25, 0.3) is 0 Å². The van der Waals surface area contributed by atoms with E-state index in [1.165, 1.54) is 12.1 Å². The summed E-state index contributed by atoms with van der Waals surface area (Å²) in [6, 6.07) is 6.46. The summed E-state index contributed by atoms with van der Waals surface area (Å²) in [5.41, 5.74) is 1.07. The van der Waals surface area contributed by atoms with E-state index in [9.17, 15) is 4.39 Å². The van der Waals surface area contributed by atoms with Crippen LogP contribution < -0.4 is 10.6 Å². The topological polar surface area (TPSA) is 56.7 Å². The highest BCUT2D eigenvalue weighted by Gasteiger charge is 1.97. The first-order valence-electron chi connectivity index (χ1n) is 6.13.